The first-order valence-electron chi connectivity index (χ1n) is 7.91. The lowest BCUT2D eigenvalue weighted by molar-refractivity contribution is 0.600. The summed E-state index contributed by atoms with van der Waals surface area (Å²) in [5.74, 6) is -0.425. The second kappa shape index (κ2) is 7.50. The average molecular weight is 428 g/mol. The van der Waals surface area contributed by atoms with E-state index in [4.69, 9.17) is 23.2 Å². The van der Waals surface area contributed by atoms with Crippen LogP contribution in [0.1, 0.15) is 16.7 Å². The number of nitrogens with zero attached hydrogens (tertiary/aromatic N) is 2. The number of halogens is 3. The monoisotopic (exact) mass is 427 g/mol. The van der Waals surface area contributed by atoms with Crippen molar-refractivity contribution in [2.24, 2.45) is 0 Å². The summed E-state index contributed by atoms with van der Waals surface area (Å²) in [6.45, 7) is 3.70. The van der Waals surface area contributed by atoms with E-state index in [-0.39, 0.29) is 16.5 Å². The van der Waals surface area contributed by atoms with Gasteiger partial charge in [-0.25, -0.2) is 12.8 Å². The minimum Gasteiger partial charge on any atom is -0.276 e. The largest absolute Gasteiger partial charge is 0.276 e. The van der Waals surface area contributed by atoms with Crippen LogP contribution in [-0.2, 0) is 16.6 Å². The Balaban J connectivity index is 1.82. The molecule has 0 aliphatic heterocycles. The third-order valence-corrected chi connectivity index (χ3v) is 6.26. The second-order valence-corrected chi connectivity index (χ2v) is 8.60. The van der Waals surface area contributed by atoms with Gasteiger partial charge in [-0.1, -0.05) is 29.3 Å². The zero-order valence-corrected chi connectivity index (χ0v) is 16.8. The fourth-order valence-electron chi connectivity index (χ4n) is 2.58. The fraction of sp³-hybridized carbons (Fsp3) is 0.167. The number of benzene rings is 2. The van der Waals surface area contributed by atoms with E-state index in [1.807, 2.05) is 0 Å². The van der Waals surface area contributed by atoms with E-state index in [9.17, 15) is 12.8 Å². The topological polar surface area (TPSA) is 64.0 Å². The molecule has 0 unspecified atom stereocenters. The van der Waals surface area contributed by atoms with E-state index in [0.717, 1.165) is 0 Å². The highest BCUT2D eigenvalue weighted by atomic mass is 35.5. The number of aromatic nitrogens is 2. The minimum atomic E-state index is -3.79. The summed E-state index contributed by atoms with van der Waals surface area (Å²) < 4.78 is 42.5. The first-order valence-corrected chi connectivity index (χ1v) is 10.2. The van der Waals surface area contributed by atoms with Crippen molar-refractivity contribution in [1.82, 2.24) is 9.78 Å². The number of nitrogens with one attached hydrogen (secondary N) is 1. The van der Waals surface area contributed by atoms with Crippen molar-refractivity contribution in [3.05, 3.63) is 75.3 Å². The molecular weight excluding hydrogens is 412 g/mol. The molecule has 1 N–H and O–H groups in total. The van der Waals surface area contributed by atoms with Crippen LogP contribution < -0.4 is 4.72 Å². The Labute approximate surface area is 166 Å². The van der Waals surface area contributed by atoms with Crippen LogP contribution in [-0.4, -0.2) is 18.2 Å². The summed E-state index contributed by atoms with van der Waals surface area (Å²) in [4.78, 5) is 0.152. The number of hydrogen-bond acceptors (Lipinski definition) is 3. The van der Waals surface area contributed by atoms with Crippen molar-refractivity contribution < 1.29 is 12.8 Å². The summed E-state index contributed by atoms with van der Waals surface area (Å²) in [6, 6.07) is 7.23. The van der Waals surface area contributed by atoms with E-state index in [1.165, 1.54) is 35.3 Å². The van der Waals surface area contributed by atoms with Crippen LogP contribution in [0.25, 0.3) is 0 Å². The molecule has 0 radical (unpaired) electrons. The molecule has 3 aromatic rings. The Morgan fingerprint density at radius 1 is 1.11 bits per heavy atom. The molecule has 1 heterocycles. The van der Waals surface area contributed by atoms with Crippen molar-refractivity contribution in [3.8, 4) is 0 Å². The van der Waals surface area contributed by atoms with Gasteiger partial charge in [-0.15, -0.1) is 0 Å². The second-order valence-electron chi connectivity index (χ2n) is 6.13. The van der Waals surface area contributed by atoms with Crippen LogP contribution in [0.2, 0.25) is 10.0 Å². The summed E-state index contributed by atoms with van der Waals surface area (Å²) in [6.07, 6.45) is 2.93. The van der Waals surface area contributed by atoms with Crippen molar-refractivity contribution in [2.45, 2.75) is 25.3 Å². The van der Waals surface area contributed by atoms with Crippen LogP contribution in [0, 0.1) is 19.7 Å². The van der Waals surface area contributed by atoms with Gasteiger partial charge >= 0.3 is 0 Å². The smallest absolute Gasteiger partial charge is 0.262 e. The van der Waals surface area contributed by atoms with E-state index in [2.05, 4.69) is 9.82 Å². The molecule has 0 amide bonds. The van der Waals surface area contributed by atoms with Gasteiger partial charge in [0, 0.05) is 16.2 Å². The van der Waals surface area contributed by atoms with Gasteiger partial charge in [-0.05, 0) is 54.8 Å². The number of hydrogen-bond donors (Lipinski definition) is 1. The molecule has 9 heteroatoms. The van der Waals surface area contributed by atoms with Gasteiger partial charge < -0.3 is 0 Å². The minimum absolute atomic E-state index is 0.152. The molecule has 27 heavy (non-hydrogen) atoms. The summed E-state index contributed by atoms with van der Waals surface area (Å²) >= 11 is 12.1. The molecule has 0 fully saturated rings. The maximum Gasteiger partial charge on any atom is 0.262 e. The van der Waals surface area contributed by atoms with E-state index < -0.39 is 15.8 Å². The summed E-state index contributed by atoms with van der Waals surface area (Å²) in [7, 11) is -3.79. The molecule has 0 spiro atoms. The average Bonchev–Trinajstić information content (AvgIpc) is 2.99. The van der Waals surface area contributed by atoms with E-state index in [1.54, 1.807) is 26.0 Å². The van der Waals surface area contributed by atoms with Gasteiger partial charge in [0.25, 0.3) is 10.0 Å². The Morgan fingerprint density at radius 2 is 1.85 bits per heavy atom. The molecule has 0 aliphatic carbocycles. The molecule has 5 nitrogen and oxygen atoms in total. The molecule has 0 aliphatic rings. The lowest BCUT2D eigenvalue weighted by atomic mass is 10.2. The number of rotatable bonds is 5. The van der Waals surface area contributed by atoms with Crippen molar-refractivity contribution in [2.75, 3.05) is 4.72 Å². The highest BCUT2D eigenvalue weighted by Gasteiger charge is 2.19. The van der Waals surface area contributed by atoms with Gasteiger partial charge in [-0.3, -0.25) is 9.40 Å². The van der Waals surface area contributed by atoms with Crippen LogP contribution >= 0.6 is 23.2 Å². The van der Waals surface area contributed by atoms with Crippen molar-refractivity contribution in [3.63, 3.8) is 0 Å². The zero-order valence-electron chi connectivity index (χ0n) is 14.5. The molecule has 0 saturated heterocycles. The predicted molar refractivity (Wildman–Crippen MR) is 104 cm³/mol. The molecular formula is C18H16Cl2FN3O2S. The number of aryl methyl sites for hydroxylation is 2. The van der Waals surface area contributed by atoms with Crippen molar-refractivity contribution >= 4 is 38.9 Å². The lowest BCUT2D eigenvalue weighted by Gasteiger charge is -2.11. The Bertz CT molecular complexity index is 1110. The lowest BCUT2D eigenvalue weighted by Crippen LogP contribution is -2.14. The van der Waals surface area contributed by atoms with Crippen LogP contribution in [0.15, 0.2) is 47.6 Å². The normalized spacial score (nSPS) is 11.6. The molecule has 142 valence electrons. The Morgan fingerprint density at radius 3 is 2.56 bits per heavy atom. The highest BCUT2D eigenvalue weighted by molar-refractivity contribution is 7.92. The Hall–Kier alpha value is -2.09. The van der Waals surface area contributed by atoms with Gasteiger partial charge in [0.15, 0.2) is 0 Å². The SMILES string of the molecule is Cc1cc(S(=O)(=O)Nc2cnn(Cc3ccc(F)cc3Cl)c2)c(C)cc1Cl. The number of sulfonamides is 1. The first kappa shape index (κ1) is 19.7. The zero-order chi connectivity index (χ0) is 19.8. The third kappa shape index (κ3) is 4.43. The highest BCUT2D eigenvalue weighted by Crippen LogP contribution is 2.26. The van der Waals surface area contributed by atoms with E-state index in [0.29, 0.717) is 27.4 Å². The quantitative estimate of drug-likeness (QED) is 0.635. The fourth-order valence-corrected chi connectivity index (χ4v) is 4.37. The number of anilines is 1. The summed E-state index contributed by atoms with van der Waals surface area (Å²) in [5.41, 5.74) is 2.19. The first-order chi connectivity index (χ1) is 12.7. The molecule has 1 aromatic heterocycles. The van der Waals surface area contributed by atoms with Crippen LogP contribution in [0.5, 0.6) is 0 Å². The van der Waals surface area contributed by atoms with Gasteiger partial charge in [0.05, 0.1) is 23.3 Å². The molecule has 3 rings (SSSR count). The molecule has 0 atom stereocenters. The maximum atomic E-state index is 13.1. The van der Waals surface area contributed by atoms with Gasteiger partial charge in [-0.2, -0.15) is 5.10 Å². The maximum absolute atomic E-state index is 13.1. The molecule has 0 bridgehead atoms. The molecule has 0 saturated carbocycles. The van der Waals surface area contributed by atoms with Gasteiger partial charge in [0.1, 0.15) is 5.82 Å². The third-order valence-electron chi connectivity index (χ3n) is 3.98. The van der Waals surface area contributed by atoms with Gasteiger partial charge in [0.2, 0.25) is 0 Å². The summed E-state index contributed by atoms with van der Waals surface area (Å²) in [5, 5.41) is 4.91. The van der Waals surface area contributed by atoms with Crippen molar-refractivity contribution in [1.29, 1.82) is 0 Å². The molecule has 2 aromatic carbocycles. The Kier molecular flexibility index (Phi) is 5.46. The standard InChI is InChI=1S/C18H16Cl2FN3O2S/c1-11-6-18(12(2)5-16(11)19)27(25,26)23-15-8-22-24(10-15)9-13-3-4-14(21)7-17(13)20/h3-8,10,23H,9H2,1-2H3. The predicted octanol–water partition coefficient (Wildman–Crippen LogP) is 4.79. The van der Waals surface area contributed by atoms with Crippen LogP contribution in [0.4, 0.5) is 10.1 Å². The van der Waals surface area contributed by atoms with E-state index >= 15 is 0 Å². The van der Waals surface area contributed by atoms with Crippen LogP contribution in [0.3, 0.4) is 0 Å².